The highest BCUT2D eigenvalue weighted by Gasteiger charge is 2.29. The summed E-state index contributed by atoms with van der Waals surface area (Å²) in [5.41, 5.74) is 2.44. The van der Waals surface area contributed by atoms with Gasteiger partial charge in [-0.2, -0.15) is 0 Å². The normalized spacial score (nSPS) is 14.2. The molecule has 6 nitrogen and oxygen atoms in total. The van der Waals surface area contributed by atoms with E-state index in [0.29, 0.717) is 47.1 Å². The van der Waals surface area contributed by atoms with E-state index in [9.17, 15) is 14.7 Å². The molecule has 166 valence electrons. The number of rotatable bonds is 4. The highest BCUT2D eigenvalue weighted by Crippen LogP contribution is 2.24. The van der Waals surface area contributed by atoms with Gasteiger partial charge in [0.05, 0.1) is 17.8 Å². The van der Waals surface area contributed by atoms with E-state index in [2.05, 4.69) is 23.2 Å². The highest BCUT2D eigenvalue weighted by atomic mass is 35.5. The van der Waals surface area contributed by atoms with Crippen LogP contribution in [0.2, 0.25) is 5.02 Å². The molecule has 0 unspecified atom stereocenters. The van der Waals surface area contributed by atoms with Gasteiger partial charge in [-0.25, -0.2) is 4.98 Å². The quantitative estimate of drug-likeness (QED) is 0.486. The van der Waals surface area contributed by atoms with Gasteiger partial charge in [0, 0.05) is 24.4 Å². The topological polar surface area (TPSA) is 86.3 Å². The molecule has 0 spiro atoms. The number of carbonyl (C=O) groups excluding carboxylic acids is 1. The summed E-state index contributed by atoms with van der Waals surface area (Å²) in [5.74, 6) is 0.149. The first-order valence-electron chi connectivity index (χ1n) is 10.8. The third-order valence-corrected chi connectivity index (χ3v) is 6.30. The van der Waals surface area contributed by atoms with Crippen molar-refractivity contribution < 1.29 is 9.90 Å². The van der Waals surface area contributed by atoms with Crippen molar-refractivity contribution >= 4 is 28.3 Å². The number of amides is 1. The van der Waals surface area contributed by atoms with E-state index < -0.39 is 12.0 Å². The molecular formula is C26H22ClN3O3. The zero-order chi connectivity index (χ0) is 22.9. The lowest BCUT2D eigenvalue weighted by atomic mass is 10.0. The van der Waals surface area contributed by atoms with Crippen molar-refractivity contribution in [1.82, 2.24) is 14.9 Å². The summed E-state index contributed by atoms with van der Waals surface area (Å²) in [6, 6.07) is 20.8. The van der Waals surface area contributed by atoms with Crippen molar-refractivity contribution in [2.24, 2.45) is 0 Å². The molecule has 1 aliphatic heterocycles. The third-order valence-electron chi connectivity index (χ3n) is 6.07. The van der Waals surface area contributed by atoms with Crippen molar-refractivity contribution in [3.8, 4) is 0 Å². The Balaban J connectivity index is 1.37. The van der Waals surface area contributed by atoms with Gasteiger partial charge >= 0.3 is 0 Å². The number of nitrogens with one attached hydrogen (secondary N) is 1. The molecule has 0 bridgehead atoms. The summed E-state index contributed by atoms with van der Waals surface area (Å²) < 4.78 is 0. The fraction of sp³-hybridized carbons (Fsp3) is 0.192. The Hall–Kier alpha value is -3.48. The second kappa shape index (κ2) is 8.81. The lowest BCUT2D eigenvalue weighted by Gasteiger charge is -2.29. The van der Waals surface area contributed by atoms with E-state index in [1.54, 1.807) is 24.3 Å². The molecule has 4 aromatic rings. The van der Waals surface area contributed by atoms with E-state index in [1.807, 2.05) is 24.3 Å². The third kappa shape index (κ3) is 4.27. The molecule has 1 aliphatic rings. The van der Waals surface area contributed by atoms with Gasteiger partial charge in [0.15, 0.2) is 6.10 Å². The van der Waals surface area contributed by atoms with E-state index in [1.165, 1.54) is 4.90 Å². The first-order valence-corrected chi connectivity index (χ1v) is 11.2. The van der Waals surface area contributed by atoms with Gasteiger partial charge in [-0.05, 0) is 34.0 Å². The van der Waals surface area contributed by atoms with Gasteiger partial charge < -0.3 is 15.0 Å². The predicted octanol–water partition coefficient (Wildman–Crippen LogP) is 3.79. The maximum atomic E-state index is 12.9. The van der Waals surface area contributed by atoms with Crippen LogP contribution in [-0.2, 0) is 24.2 Å². The van der Waals surface area contributed by atoms with Crippen LogP contribution in [0.3, 0.4) is 0 Å². The first kappa shape index (κ1) is 21.4. The predicted molar refractivity (Wildman–Crippen MR) is 127 cm³/mol. The minimum absolute atomic E-state index is 0.114. The van der Waals surface area contributed by atoms with Crippen LogP contribution in [0.4, 0.5) is 0 Å². The zero-order valence-electron chi connectivity index (χ0n) is 17.8. The van der Waals surface area contributed by atoms with Crippen LogP contribution in [0, 0.1) is 0 Å². The van der Waals surface area contributed by atoms with E-state index >= 15 is 0 Å². The fourth-order valence-electron chi connectivity index (χ4n) is 4.37. The van der Waals surface area contributed by atoms with Crippen LogP contribution >= 0.6 is 11.6 Å². The summed E-state index contributed by atoms with van der Waals surface area (Å²) in [4.78, 5) is 34.8. The Morgan fingerprint density at radius 3 is 2.76 bits per heavy atom. The van der Waals surface area contributed by atoms with E-state index in [-0.39, 0.29) is 12.1 Å². The Morgan fingerprint density at radius 1 is 1.12 bits per heavy atom. The molecule has 0 saturated carbocycles. The number of nitrogens with zero attached hydrogens (tertiary/aromatic N) is 2. The van der Waals surface area contributed by atoms with Gasteiger partial charge in [-0.3, -0.25) is 9.59 Å². The van der Waals surface area contributed by atoms with Gasteiger partial charge in [0.2, 0.25) is 0 Å². The molecule has 5 rings (SSSR count). The van der Waals surface area contributed by atoms with Crippen LogP contribution in [0.15, 0.2) is 71.5 Å². The zero-order valence-corrected chi connectivity index (χ0v) is 18.5. The number of aliphatic hydroxyl groups is 1. The second-order valence-electron chi connectivity index (χ2n) is 8.22. The lowest BCUT2D eigenvalue weighted by Crippen LogP contribution is -2.42. The van der Waals surface area contributed by atoms with E-state index in [4.69, 9.17) is 16.6 Å². The highest BCUT2D eigenvalue weighted by molar-refractivity contribution is 6.30. The largest absolute Gasteiger partial charge is 0.378 e. The van der Waals surface area contributed by atoms with Gasteiger partial charge in [-0.15, -0.1) is 0 Å². The number of aromatic nitrogens is 2. The van der Waals surface area contributed by atoms with Crippen molar-refractivity contribution in [1.29, 1.82) is 0 Å². The molecule has 1 aromatic heterocycles. The molecule has 0 fully saturated rings. The summed E-state index contributed by atoms with van der Waals surface area (Å²) in [7, 11) is 0. The molecule has 2 N–H and O–H groups in total. The number of aliphatic hydroxyl groups excluding tert-OH is 1. The number of H-pyrrole nitrogens is 1. The molecule has 33 heavy (non-hydrogen) atoms. The number of halogens is 1. The average molecular weight is 460 g/mol. The maximum Gasteiger partial charge on any atom is 0.256 e. The fourth-order valence-corrected chi connectivity index (χ4v) is 4.57. The molecule has 3 aromatic carbocycles. The van der Waals surface area contributed by atoms with Crippen molar-refractivity contribution in [3.05, 3.63) is 110 Å². The minimum Gasteiger partial charge on any atom is -0.378 e. The molecule has 0 radical (unpaired) electrons. The van der Waals surface area contributed by atoms with Crippen LogP contribution in [0.5, 0.6) is 0 Å². The molecule has 1 amide bonds. The number of fused-ring (bicyclic) bond motifs is 2. The molecule has 0 saturated heterocycles. The Morgan fingerprint density at radius 2 is 1.91 bits per heavy atom. The monoisotopic (exact) mass is 459 g/mol. The number of benzene rings is 3. The Kier molecular flexibility index (Phi) is 5.70. The smallest absolute Gasteiger partial charge is 0.256 e. The van der Waals surface area contributed by atoms with Crippen LogP contribution < -0.4 is 5.56 Å². The molecule has 1 atom stereocenters. The van der Waals surface area contributed by atoms with Crippen molar-refractivity contribution in [2.45, 2.75) is 25.5 Å². The Labute approximate surface area is 195 Å². The minimum atomic E-state index is -1.33. The van der Waals surface area contributed by atoms with Crippen LogP contribution in [0.1, 0.15) is 34.3 Å². The number of aromatic amines is 1. The maximum absolute atomic E-state index is 12.9. The lowest BCUT2D eigenvalue weighted by molar-refractivity contribution is -0.141. The number of hydrogen-bond donors (Lipinski definition) is 2. The molecule has 2 heterocycles. The van der Waals surface area contributed by atoms with Crippen molar-refractivity contribution in [2.75, 3.05) is 6.54 Å². The second-order valence-corrected chi connectivity index (χ2v) is 8.66. The average Bonchev–Trinajstić information content (AvgIpc) is 2.83. The standard InChI is InChI=1S/C26H22ClN3O3/c27-19-9-4-8-18(13-19)24(31)26(33)30-12-11-22-21(15-30)25(32)29-23(28-22)14-17-7-3-6-16-5-1-2-10-20(16)17/h1-10,13,24,31H,11-12,14-15H2,(H,28,29,32)/t24-/m1/s1. The van der Waals surface area contributed by atoms with Gasteiger partial charge in [0.25, 0.3) is 11.5 Å². The summed E-state index contributed by atoms with van der Waals surface area (Å²) in [6.45, 7) is 0.496. The van der Waals surface area contributed by atoms with Gasteiger partial charge in [0.1, 0.15) is 5.82 Å². The van der Waals surface area contributed by atoms with Crippen molar-refractivity contribution in [3.63, 3.8) is 0 Å². The van der Waals surface area contributed by atoms with Gasteiger partial charge in [-0.1, -0.05) is 66.2 Å². The summed E-state index contributed by atoms with van der Waals surface area (Å²) in [5, 5.41) is 13.2. The number of carbonyl (C=O) groups is 1. The van der Waals surface area contributed by atoms with Crippen LogP contribution in [0.25, 0.3) is 10.8 Å². The SMILES string of the molecule is O=C([C@H](O)c1cccc(Cl)c1)N1CCc2nc(Cc3cccc4ccccc34)[nH]c(=O)c2C1. The first-order chi connectivity index (χ1) is 16.0. The molecular weight excluding hydrogens is 438 g/mol. The molecule has 0 aliphatic carbocycles. The molecule has 7 heteroatoms. The van der Waals surface area contributed by atoms with E-state index in [0.717, 1.165) is 16.3 Å². The Bertz CT molecular complexity index is 1410. The summed E-state index contributed by atoms with van der Waals surface area (Å²) >= 11 is 5.98. The van der Waals surface area contributed by atoms with Crippen LogP contribution in [-0.4, -0.2) is 32.4 Å². The number of hydrogen-bond acceptors (Lipinski definition) is 4. The summed E-state index contributed by atoms with van der Waals surface area (Å²) in [6.07, 6.45) is -0.363.